The summed E-state index contributed by atoms with van der Waals surface area (Å²) >= 11 is 0. The number of unbranched alkanes of at least 4 members (excludes halogenated alkanes) is 17. The molecule has 4 heteroatoms. The average molecular weight is 523 g/mol. The van der Waals surface area contributed by atoms with Gasteiger partial charge in [0.05, 0.1) is 13.2 Å². The van der Waals surface area contributed by atoms with E-state index in [0.29, 0.717) is 19.6 Å². The largest absolute Gasteiger partial charge is 0.457 e. The molecule has 0 spiro atoms. The first-order valence-electron chi connectivity index (χ1n) is 15.9. The fourth-order valence-electron chi connectivity index (χ4n) is 4.36. The van der Waals surface area contributed by atoms with Crippen LogP contribution in [0.25, 0.3) is 0 Å². The summed E-state index contributed by atoms with van der Waals surface area (Å²) in [6.45, 7) is 5.27. The molecule has 218 valence electrons. The number of carbonyl (C=O) groups excluding carboxylic acids is 1. The van der Waals surface area contributed by atoms with Crippen molar-refractivity contribution >= 4 is 5.97 Å². The number of hydrogen-bond acceptors (Lipinski definition) is 4. The number of rotatable bonds is 29. The lowest BCUT2D eigenvalue weighted by Crippen LogP contribution is -2.27. The second-order valence-electron chi connectivity index (χ2n) is 10.5. The SMILES string of the molecule is CCCCC/C=C\C/C=C\CCCCCCCCCCOCC(CO)OC(=O)CCCCCCCCC. The van der Waals surface area contributed by atoms with E-state index in [0.717, 1.165) is 25.7 Å². The number of allylic oxidation sites excluding steroid dienone is 4. The molecule has 0 amide bonds. The molecule has 1 unspecified atom stereocenters. The third kappa shape index (κ3) is 29.3. The Morgan fingerprint density at radius 1 is 0.649 bits per heavy atom. The lowest BCUT2D eigenvalue weighted by molar-refractivity contribution is -0.154. The first kappa shape index (κ1) is 35.9. The topological polar surface area (TPSA) is 55.8 Å². The van der Waals surface area contributed by atoms with Crippen molar-refractivity contribution in [1.29, 1.82) is 0 Å². The van der Waals surface area contributed by atoms with Gasteiger partial charge in [0, 0.05) is 13.0 Å². The zero-order valence-electron chi connectivity index (χ0n) is 24.7. The fourth-order valence-corrected chi connectivity index (χ4v) is 4.36. The zero-order chi connectivity index (χ0) is 27.1. The van der Waals surface area contributed by atoms with Crippen molar-refractivity contribution in [1.82, 2.24) is 0 Å². The second kappa shape index (κ2) is 31.1. The summed E-state index contributed by atoms with van der Waals surface area (Å²) < 4.78 is 11.0. The van der Waals surface area contributed by atoms with E-state index in [9.17, 15) is 9.90 Å². The highest BCUT2D eigenvalue weighted by Crippen LogP contribution is 2.11. The van der Waals surface area contributed by atoms with E-state index in [2.05, 4.69) is 38.2 Å². The first-order valence-corrected chi connectivity index (χ1v) is 15.9. The normalized spacial score (nSPS) is 12.6. The summed E-state index contributed by atoms with van der Waals surface area (Å²) in [5.74, 6) is -0.211. The molecule has 4 nitrogen and oxygen atoms in total. The highest BCUT2D eigenvalue weighted by Gasteiger charge is 2.13. The molecule has 1 N–H and O–H groups in total. The zero-order valence-corrected chi connectivity index (χ0v) is 24.7. The van der Waals surface area contributed by atoms with Crippen molar-refractivity contribution in [3.63, 3.8) is 0 Å². The molecule has 0 aliphatic rings. The molecule has 0 saturated carbocycles. The van der Waals surface area contributed by atoms with Gasteiger partial charge in [0.1, 0.15) is 6.10 Å². The van der Waals surface area contributed by atoms with Gasteiger partial charge in [-0.05, 0) is 44.9 Å². The summed E-state index contributed by atoms with van der Waals surface area (Å²) in [7, 11) is 0. The van der Waals surface area contributed by atoms with E-state index in [1.807, 2.05) is 0 Å². The molecule has 0 aliphatic heterocycles. The minimum atomic E-state index is -0.529. The van der Waals surface area contributed by atoms with Gasteiger partial charge in [-0.2, -0.15) is 0 Å². The molecule has 0 aliphatic carbocycles. The van der Waals surface area contributed by atoms with Crippen LogP contribution in [0.4, 0.5) is 0 Å². The quantitative estimate of drug-likeness (QED) is 0.0603. The molecule has 0 aromatic rings. The van der Waals surface area contributed by atoms with Crippen LogP contribution in [0.2, 0.25) is 0 Å². The van der Waals surface area contributed by atoms with Gasteiger partial charge in [-0.3, -0.25) is 4.79 Å². The molecule has 0 bridgehead atoms. The van der Waals surface area contributed by atoms with Crippen LogP contribution in [0.15, 0.2) is 24.3 Å². The van der Waals surface area contributed by atoms with Crippen molar-refractivity contribution in [2.75, 3.05) is 19.8 Å². The Kier molecular flexibility index (Phi) is 30.1. The molecule has 0 rings (SSSR count). The van der Waals surface area contributed by atoms with Crippen LogP contribution in [0.1, 0.15) is 155 Å². The number of hydrogen-bond donors (Lipinski definition) is 1. The Hall–Kier alpha value is -1.13. The Balaban J connectivity index is 3.42. The molecular formula is C33H62O4. The number of carbonyl (C=O) groups is 1. The Labute approximate surface area is 230 Å². The van der Waals surface area contributed by atoms with E-state index in [-0.39, 0.29) is 12.6 Å². The average Bonchev–Trinajstić information content (AvgIpc) is 2.90. The first-order chi connectivity index (χ1) is 18.2. The lowest BCUT2D eigenvalue weighted by Gasteiger charge is -2.15. The summed E-state index contributed by atoms with van der Waals surface area (Å²) in [6.07, 6.45) is 35.0. The highest BCUT2D eigenvalue weighted by atomic mass is 16.6. The van der Waals surface area contributed by atoms with Crippen molar-refractivity contribution in [3.8, 4) is 0 Å². The Morgan fingerprint density at radius 2 is 1.14 bits per heavy atom. The minimum Gasteiger partial charge on any atom is -0.457 e. The molecule has 0 heterocycles. The van der Waals surface area contributed by atoms with Gasteiger partial charge in [0.15, 0.2) is 0 Å². The summed E-state index contributed by atoms with van der Waals surface area (Å²) in [5, 5.41) is 9.46. The van der Waals surface area contributed by atoms with Crippen LogP contribution < -0.4 is 0 Å². The maximum atomic E-state index is 12.0. The van der Waals surface area contributed by atoms with Crippen LogP contribution >= 0.6 is 0 Å². The molecule has 0 saturated heterocycles. The van der Waals surface area contributed by atoms with Crippen LogP contribution in [0.3, 0.4) is 0 Å². The maximum absolute atomic E-state index is 12.0. The molecule has 0 aromatic carbocycles. The Morgan fingerprint density at radius 3 is 1.73 bits per heavy atom. The third-order valence-electron chi connectivity index (χ3n) is 6.78. The van der Waals surface area contributed by atoms with E-state index in [4.69, 9.17) is 9.47 Å². The monoisotopic (exact) mass is 522 g/mol. The van der Waals surface area contributed by atoms with Gasteiger partial charge >= 0.3 is 5.97 Å². The smallest absolute Gasteiger partial charge is 0.306 e. The van der Waals surface area contributed by atoms with Gasteiger partial charge in [-0.25, -0.2) is 0 Å². The van der Waals surface area contributed by atoms with Crippen LogP contribution in [-0.4, -0.2) is 37.0 Å². The minimum absolute atomic E-state index is 0.172. The molecule has 0 radical (unpaired) electrons. The van der Waals surface area contributed by atoms with Crippen molar-refractivity contribution in [2.45, 2.75) is 161 Å². The summed E-state index contributed by atoms with van der Waals surface area (Å²) in [5.41, 5.74) is 0. The summed E-state index contributed by atoms with van der Waals surface area (Å²) in [4.78, 5) is 12.0. The maximum Gasteiger partial charge on any atom is 0.306 e. The predicted molar refractivity (Wildman–Crippen MR) is 159 cm³/mol. The number of ether oxygens (including phenoxy) is 2. The third-order valence-corrected chi connectivity index (χ3v) is 6.78. The van der Waals surface area contributed by atoms with E-state index >= 15 is 0 Å². The van der Waals surface area contributed by atoms with Gasteiger partial charge in [-0.15, -0.1) is 0 Å². The van der Waals surface area contributed by atoms with Crippen LogP contribution in [0.5, 0.6) is 0 Å². The predicted octanol–water partition coefficient (Wildman–Crippen LogP) is 9.64. The Bertz CT molecular complexity index is 514. The standard InChI is InChI=1S/C33H62O4/c1-3-5-7-9-11-12-13-14-15-16-17-18-19-20-21-23-25-27-29-36-31-32(30-34)37-33(35)28-26-24-22-10-8-6-4-2/h11-12,14-15,32,34H,3-10,13,16-31H2,1-2H3/b12-11-,15-14-. The van der Waals surface area contributed by atoms with Gasteiger partial charge in [-0.1, -0.05) is 128 Å². The highest BCUT2D eigenvalue weighted by molar-refractivity contribution is 5.69. The molecule has 0 aromatic heterocycles. The molecular weight excluding hydrogens is 460 g/mol. The number of esters is 1. The van der Waals surface area contributed by atoms with E-state index in [1.165, 1.54) is 109 Å². The molecule has 1 atom stereocenters. The van der Waals surface area contributed by atoms with E-state index in [1.54, 1.807) is 0 Å². The molecule has 0 fully saturated rings. The number of aliphatic hydroxyl groups is 1. The second-order valence-corrected chi connectivity index (χ2v) is 10.5. The lowest BCUT2D eigenvalue weighted by atomic mass is 10.1. The molecule has 37 heavy (non-hydrogen) atoms. The van der Waals surface area contributed by atoms with Crippen molar-refractivity contribution < 1.29 is 19.4 Å². The van der Waals surface area contributed by atoms with Crippen LogP contribution in [0, 0.1) is 0 Å². The van der Waals surface area contributed by atoms with Crippen molar-refractivity contribution in [3.05, 3.63) is 24.3 Å². The summed E-state index contributed by atoms with van der Waals surface area (Å²) in [6, 6.07) is 0. The fraction of sp³-hybridized carbons (Fsp3) is 0.848. The van der Waals surface area contributed by atoms with Gasteiger partial charge < -0.3 is 14.6 Å². The van der Waals surface area contributed by atoms with Crippen LogP contribution in [-0.2, 0) is 14.3 Å². The van der Waals surface area contributed by atoms with Gasteiger partial charge in [0.25, 0.3) is 0 Å². The van der Waals surface area contributed by atoms with Gasteiger partial charge in [0.2, 0.25) is 0 Å². The number of aliphatic hydroxyl groups excluding tert-OH is 1. The van der Waals surface area contributed by atoms with E-state index < -0.39 is 6.10 Å². The van der Waals surface area contributed by atoms with Crippen molar-refractivity contribution in [2.24, 2.45) is 0 Å².